The van der Waals surface area contributed by atoms with E-state index in [-0.39, 0.29) is 11.6 Å². The minimum atomic E-state index is -0.340. The van der Waals surface area contributed by atoms with E-state index in [4.69, 9.17) is 15.0 Å². The summed E-state index contributed by atoms with van der Waals surface area (Å²) in [6.07, 6.45) is 6.10. The number of nitrogens with zero attached hydrogens (tertiary/aromatic N) is 2. The molecule has 5 nitrogen and oxygen atoms in total. The highest BCUT2D eigenvalue weighted by atomic mass is 16.5. The molecule has 1 atom stereocenters. The van der Waals surface area contributed by atoms with E-state index in [2.05, 4.69) is 17.1 Å². The summed E-state index contributed by atoms with van der Waals surface area (Å²) in [5, 5.41) is 4.05. The standard InChI is InChI=1S/C12H21N3O2/c1-3-6-9(13)10-14-11(15-17-10)12(16-2)7-4-5-8-12/h9H,3-8,13H2,1-2H3/t9-/m0/s1. The van der Waals surface area contributed by atoms with Gasteiger partial charge in [-0.05, 0) is 32.1 Å². The molecule has 1 aromatic rings. The lowest BCUT2D eigenvalue weighted by Gasteiger charge is -2.22. The Balaban J connectivity index is 2.16. The first-order valence-electron chi connectivity index (χ1n) is 6.36. The Hall–Kier alpha value is -0.940. The van der Waals surface area contributed by atoms with Crippen LogP contribution in [0.4, 0.5) is 0 Å². The number of rotatable bonds is 5. The van der Waals surface area contributed by atoms with E-state index in [9.17, 15) is 0 Å². The van der Waals surface area contributed by atoms with Crippen molar-refractivity contribution in [2.45, 2.75) is 57.1 Å². The van der Waals surface area contributed by atoms with Crippen molar-refractivity contribution in [3.05, 3.63) is 11.7 Å². The minimum absolute atomic E-state index is 0.156. The van der Waals surface area contributed by atoms with Crippen molar-refractivity contribution in [2.24, 2.45) is 5.73 Å². The molecule has 17 heavy (non-hydrogen) atoms. The summed E-state index contributed by atoms with van der Waals surface area (Å²) in [4.78, 5) is 4.43. The maximum absolute atomic E-state index is 5.97. The molecule has 5 heteroatoms. The van der Waals surface area contributed by atoms with E-state index in [1.807, 2.05) is 0 Å². The van der Waals surface area contributed by atoms with E-state index < -0.39 is 0 Å². The van der Waals surface area contributed by atoms with Crippen LogP contribution in [0, 0.1) is 0 Å². The minimum Gasteiger partial charge on any atom is -0.370 e. The topological polar surface area (TPSA) is 74.2 Å². The van der Waals surface area contributed by atoms with Crippen molar-refractivity contribution in [2.75, 3.05) is 7.11 Å². The highest BCUT2D eigenvalue weighted by Gasteiger charge is 2.40. The van der Waals surface area contributed by atoms with Gasteiger partial charge in [-0.2, -0.15) is 4.98 Å². The monoisotopic (exact) mass is 239 g/mol. The van der Waals surface area contributed by atoms with Crippen molar-refractivity contribution in [1.29, 1.82) is 0 Å². The van der Waals surface area contributed by atoms with Gasteiger partial charge in [0.25, 0.3) is 0 Å². The Labute approximate surface area is 102 Å². The Morgan fingerprint density at radius 1 is 1.47 bits per heavy atom. The van der Waals surface area contributed by atoms with Gasteiger partial charge in [0.2, 0.25) is 11.7 Å². The second-order valence-corrected chi connectivity index (χ2v) is 4.76. The highest BCUT2D eigenvalue weighted by Crippen LogP contribution is 2.40. The average molecular weight is 239 g/mol. The maximum atomic E-state index is 5.97. The summed E-state index contributed by atoms with van der Waals surface area (Å²) in [6.45, 7) is 2.09. The summed E-state index contributed by atoms with van der Waals surface area (Å²) in [5.41, 5.74) is 5.63. The summed E-state index contributed by atoms with van der Waals surface area (Å²) in [6, 6.07) is -0.156. The lowest BCUT2D eigenvalue weighted by atomic mass is 10.0. The van der Waals surface area contributed by atoms with Gasteiger partial charge in [-0.3, -0.25) is 0 Å². The molecule has 2 N–H and O–H groups in total. The zero-order chi connectivity index (χ0) is 12.3. The quantitative estimate of drug-likeness (QED) is 0.853. The van der Waals surface area contributed by atoms with E-state index in [1.165, 1.54) is 0 Å². The predicted molar refractivity (Wildman–Crippen MR) is 63.3 cm³/mol. The first-order chi connectivity index (χ1) is 8.22. The molecule has 1 heterocycles. The van der Waals surface area contributed by atoms with Gasteiger partial charge in [0.15, 0.2) is 0 Å². The summed E-state index contributed by atoms with van der Waals surface area (Å²) < 4.78 is 10.9. The average Bonchev–Trinajstić information content (AvgIpc) is 2.99. The second-order valence-electron chi connectivity index (χ2n) is 4.76. The molecular weight excluding hydrogens is 218 g/mol. The number of hydrogen-bond donors (Lipinski definition) is 1. The molecule has 0 unspecified atom stereocenters. The molecule has 2 rings (SSSR count). The fraction of sp³-hybridized carbons (Fsp3) is 0.833. The molecule has 1 aliphatic rings. The van der Waals surface area contributed by atoms with Crippen LogP contribution in [-0.2, 0) is 10.3 Å². The van der Waals surface area contributed by atoms with Gasteiger partial charge in [0, 0.05) is 7.11 Å². The number of aromatic nitrogens is 2. The van der Waals surface area contributed by atoms with Crippen LogP contribution in [0.25, 0.3) is 0 Å². The van der Waals surface area contributed by atoms with Crippen LogP contribution in [-0.4, -0.2) is 17.3 Å². The lowest BCUT2D eigenvalue weighted by molar-refractivity contribution is -0.0178. The van der Waals surface area contributed by atoms with Crippen LogP contribution >= 0.6 is 0 Å². The molecule has 1 fully saturated rings. The molecule has 0 radical (unpaired) electrons. The predicted octanol–water partition coefficient (Wildman–Crippen LogP) is 2.29. The zero-order valence-corrected chi connectivity index (χ0v) is 10.6. The SMILES string of the molecule is CCC[C@H](N)c1nc(C2(OC)CCCC2)no1. The molecule has 1 saturated carbocycles. The molecule has 0 amide bonds. The van der Waals surface area contributed by atoms with Crippen LogP contribution in [0.3, 0.4) is 0 Å². The largest absolute Gasteiger partial charge is 0.370 e. The maximum Gasteiger partial charge on any atom is 0.243 e. The van der Waals surface area contributed by atoms with Crippen molar-refractivity contribution >= 4 is 0 Å². The number of hydrogen-bond acceptors (Lipinski definition) is 5. The number of ether oxygens (including phenoxy) is 1. The third kappa shape index (κ3) is 2.35. The van der Waals surface area contributed by atoms with E-state index >= 15 is 0 Å². The molecule has 0 bridgehead atoms. The molecule has 1 aromatic heterocycles. The Morgan fingerprint density at radius 3 is 2.76 bits per heavy atom. The lowest BCUT2D eigenvalue weighted by Crippen LogP contribution is -2.26. The molecule has 1 aliphatic carbocycles. The Bertz CT molecular complexity index is 358. The normalized spacial score (nSPS) is 20.6. The van der Waals surface area contributed by atoms with Gasteiger partial charge >= 0.3 is 0 Å². The molecule has 96 valence electrons. The third-order valence-electron chi connectivity index (χ3n) is 3.57. The van der Waals surface area contributed by atoms with Gasteiger partial charge in [0.1, 0.15) is 5.60 Å². The smallest absolute Gasteiger partial charge is 0.243 e. The zero-order valence-electron chi connectivity index (χ0n) is 10.6. The van der Waals surface area contributed by atoms with E-state index in [0.717, 1.165) is 38.5 Å². The van der Waals surface area contributed by atoms with Crippen molar-refractivity contribution < 1.29 is 9.26 Å². The molecule has 0 saturated heterocycles. The van der Waals surface area contributed by atoms with E-state index in [0.29, 0.717) is 11.7 Å². The second kappa shape index (κ2) is 5.14. The Morgan fingerprint density at radius 2 is 2.18 bits per heavy atom. The number of methoxy groups -OCH3 is 1. The van der Waals surface area contributed by atoms with Gasteiger partial charge in [-0.15, -0.1) is 0 Å². The van der Waals surface area contributed by atoms with Crippen LogP contribution < -0.4 is 5.73 Å². The highest BCUT2D eigenvalue weighted by molar-refractivity contribution is 5.05. The van der Waals surface area contributed by atoms with Crippen LogP contribution in [0.5, 0.6) is 0 Å². The molecule has 0 aromatic carbocycles. The first-order valence-corrected chi connectivity index (χ1v) is 6.36. The fourth-order valence-electron chi connectivity index (χ4n) is 2.47. The summed E-state index contributed by atoms with van der Waals surface area (Å²) in [5.74, 6) is 1.20. The summed E-state index contributed by atoms with van der Waals surface area (Å²) in [7, 11) is 1.72. The van der Waals surface area contributed by atoms with Gasteiger partial charge in [-0.1, -0.05) is 18.5 Å². The molecule has 0 aliphatic heterocycles. The molecule has 0 spiro atoms. The van der Waals surface area contributed by atoms with Gasteiger partial charge in [-0.25, -0.2) is 0 Å². The third-order valence-corrected chi connectivity index (χ3v) is 3.57. The van der Waals surface area contributed by atoms with Crippen molar-refractivity contribution in [3.63, 3.8) is 0 Å². The Kier molecular flexibility index (Phi) is 3.79. The van der Waals surface area contributed by atoms with Gasteiger partial charge in [0.05, 0.1) is 6.04 Å². The first kappa shape index (κ1) is 12.5. The van der Waals surface area contributed by atoms with Crippen LogP contribution in [0.1, 0.15) is 63.2 Å². The number of nitrogens with two attached hydrogens (primary N) is 1. The fourth-order valence-corrected chi connectivity index (χ4v) is 2.47. The van der Waals surface area contributed by atoms with Crippen molar-refractivity contribution in [3.8, 4) is 0 Å². The van der Waals surface area contributed by atoms with Crippen LogP contribution in [0.2, 0.25) is 0 Å². The van der Waals surface area contributed by atoms with Gasteiger partial charge < -0.3 is 15.0 Å². The van der Waals surface area contributed by atoms with Crippen LogP contribution in [0.15, 0.2) is 4.52 Å². The summed E-state index contributed by atoms with van der Waals surface area (Å²) >= 11 is 0. The van der Waals surface area contributed by atoms with E-state index in [1.54, 1.807) is 7.11 Å². The van der Waals surface area contributed by atoms with Crippen molar-refractivity contribution in [1.82, 2.24) is 10.1 Å². The molecular formula is C12H21N3O2.